The van der Waals surface area contributed by atoms with Crippen molar-refractivity contribution >= 4 is 17.4 Å². The van der Waals surface area contributed by atoms with E-state index >= 15 is 0 Å². The number of carbonyl (C=O) groups is 1. The van der Waals surface area contributed by atoms with Crippen LogP contribution < -0.4 is 14.8 Å². The van der Waals surface area contributed by atoms with Gasteiger partial charge in [-0.1, -0.05) is 6.07 Å². The molecule has 0 bridgehead atoms. The lowest BCUT2D eigenvalue weighted by molar-refractivity contribution is -0.125. The van der Waals surface area contributed by atoms with Gasteiger partial charge in [-0.15, -0.1) is 0 Å². The molecule has 8 nitrogen and oxygen atoms in total. The summed E-state index contributed by atoms with van der Waals surface area (Å²) >= 11 is 1.23. The Kier molecular flexibility index (Phi) is 4.99. The van der Waals surface area contributed by atoms with E-state index in [0.29, 0.717) is 17.5 Å². The highest BCUT2D eigenvalue weighted by atomic mass is 32.1. The molecule has 0 aliphatic carbocycles. The summed E-state index contributed by atoms with van der Waals surface area (Å²) in [6.45, 7) is 4.58. The average Bonchev–Trinajstić information content (AvgIpc) is 3.45. The molecule has 0 atom stereocenters. The summed E-state index contributed by atoms with van der Waals surface area (Å²) in [5.41, 5.74) is 0.404. The van der Waals surface area contributed by atoms with Crippen molar-refractivity contribution < 1.29 is 14.3 Å². The van der Waals surface area contributed by atoms with Gasteiger partial charge in [0, 0.05) is 18.9 Å². The van der Waals surface area contributed by atoms with Crippen molar-refractivity contribution in [1.29, 1.82) is 0 Å². The molecule has 0 fully saturated rings. The maximum atomic E-state index is 12.7. The smallest absolute Gasteiger partial charge is 0.246 e. The molecule has 3 heterocycles. The molecule has 0 saturated heterocycles. The van der Waals surface area contributed by atoms with Crippen LogP contribution >= 0.6 is 11.5 Å². The van der Waals surface area contributed by atoms with E-state index in [-0.39, 0.29) is 12.7 Å². The fourth-order valence-corrected chi connectivity index (χ4v) is 3.61. The first-order valence-corrected chi connectivity index (χ1v) is 9.81. The highest BCUT2D eigenvalue weighted by Gasteiger charge is 2.33. The van der Waals surface area contributed by atoms with E-state index < -0.39 is 5.41 Å². The number of fused-ring (bicyclic) bond motifs is 1. The number of ether oxygens (including phenoxy) is 2. The standard InChI is InChI=1S/C19H21N5O3S/c1-19(2,17-22-18(23-28-17)24-9-8-20-11-24)16(25)21-7-3-4-13-5-6-14-15(10-13)27-12-26-14/h5-6,8-11H,3-4,7,12H2,1-2H3,(H,21,25). The van der Waals surface area contributed by atoms with Crippen LogP contribution in [-0.4, -0.2) is 38.2 Å². The Morgan fingerprint density at radius 3 is 3.00 bits per heavy atom. The number of rotatable bonds is 7. The van der Waals surface area contributed by atoms with Crippen LogP contribution in [0, 0.1) is 0 Å². The number of nitrogens with one attached hydrogen (secondary N) is 1. The Morgan fingerprint density at radius 2 is 2.18 bits per heavy atom. The second kappa shape index (κ2) is 7.59. The summed E-state index contributed by atoms with van der Waals surface area (Å²) < 4.78 is 16.8. The van der Waals surface area contributed by atoms with E-state index in [4.69, 9.17) is 9.47 Å². The zero-order valence-electron chi connectivity index (χ0n) is 15.7. The lowest BCUT2D eigenvalue weighted by Gasteiger charge is -2.20. The number of hydrogen-bond donors (Lipinski definition) is 1. The second-order valence-corrected chi connectivity index (χ2v) is 7.79. The van der Waals surface area contributed by atoms with E-state index in [9.17, 15) is 4.79 Å². The van der Waals surface area contributed by atoms with E-state index in [2.05, 4.69) is 19.7 Å². The molecular weight excluding hydrogens is 378 g/mol. The zero-order chi connectivity index (χ0) is 19.6. The maximum Gasteiger partial charge on any atom is 0.246 e. The molecule has 1 aromatic carbocycles. The van der Waals surface area contributed by atoms with Gasteiger partial charge in [-0.3, -0.25) is 9.36 Å². The fraction of sp³-hybridized carbons (Fsp3) is 0.368. The minimum absolute atomic E-state index is 0.0634. The van der Waals surface area contributed by atoms with Gasteiger partial charge in [0.25, 0.3) is 0 Å². The van der Waals surface area contributed by atoms with Crippen molar-refractivity contribution in [2.75, 3.05) is 13.3 Å². The third-order valence-electron chi connectivity index (χ3n) is 4.62. The molecule has 0 unspecified atom stereocenters. The molecule has 146 valence electrons. The molecule has 1 aliphatic heterocycles. The summed E-state index contributed by atoms with van der Waals surface area (Å²) in [4.78, 5) is 21.2. The predicted molar refractivity (Wildman–Crippen MR) is 104 cm³/mol. The Labute approximate surface area is 166 Å². The minimum Gasteiger partial charge on any atom is -0.454 e. The Morgan fingerprint density at radius 1 is 1.32 bits per heavy atom. The maximum absolute atomic E-state index is 12.7. The molecule has 0 saturated carbocycles. The molecule has 9 heteroatoms. The van der Waals surface area contributed by atoms with Gasteiger partial charge < -0.3 is 14.8 Å². The number of amides is 1. The summed E-state index contributed by atoms with van der Waals surface area (Å²) in [7, 11) is 0. The largest absolute Gasteiger partial charge is 0.454 e. The topological polar surface area (TPSA) is 91.2 Å². The van der Waals surface area contributed by atoms with Crippen LogP contribution in [0.3, 0.4) is 0 Å². The van der Waals surface area contributed by atoms with Gasteiger partial charge in [-0.2, -0.15) is 4.37 Å². The number of carbonyl (C=O) groups excluding carboxylic acids is 1. The van der Waals surface area contributed by atoms with Gasteiger partial charge >= 0.3 is 0 Å². The molecular formula is C19H21N5O3S. The van der Waals surface area contributed by atoms with Gasteiger partial charge in [0.2, 0.25) is 18.6 Å². The fourth-order valence-electron chi connectivity index (χ4n) is 2.86. The van der Waals surface area contributed by atoms with E-state index in [1.165, 1.54) is 11.5 Å². The lowest BCUT2D eigenvalue weighted by Crippen LogP contribution is -2.40. The van der Waals surface area contributed by atoms with Crippen LogP contribution in [0.5, 0.6) is 11.5 Å². The number of nitrogens with zero attached hydrogens (tertiary/aromatic N) is 4. The molecule has 0 radical (unpaired) electrons. The van der Waals surface area contributed by atoms with Gasteiger partial charge in [0.05, 0.1) is 5.41 Å². The SMILES string of the molecule is CC(C)(C(=O)NCCCc1ccc2c(c1)OCO2)c1nc(-n2ccnc2)ns1. The van der Waals surface area contributed by atoms with Crippen molar-refractivity contribution in [3.05, 3.63) is 47.5 Å². The minimum atomic E-state index is -0.755. The molecule has 4 rings (SSSR count). The van der Waals surface area contributed by atoms with Gasteiger partial charge in [-0.05, 0) is 55.9 Å². The number of aryl methyl sites for hydroxylation is 1. The number of benzene rings is 1. The molecule has 2 aromatic heterocycles. The van der Waals surface area contributed by atoms with Crippen LogP contribution in [0.1, 0.15) is 30.8 Å². The van der Waals surface area contributed by atoms with Gasteiger partial charge in [0.1, 0.15) is 11.3 Å². The Bertz CT molecular complexity index is 968. The number of hydrogen-bond acceptors (Lipinski definition) is 7. The Balaban J connectivity index is 1.30. The van der Waals surface area contributed by atoms with Crippen molar-refractivity contribution in [3.63, 3.8) is 0 Å². The highest BCUT2D eigenvalue weighted by Crippen LogP contribution is 2.32. The monoisotopic (exact) mass is 399 g/mol. The molecule has 1 N–H and O–H groups in total. The van der Waals surface area contributed by atoms with Gasteiger partial charge in [-0.25, -0.2) is 9.97 Å². The molecule has 0 spiro atoms. The Hall–Kier alpha value is -2.94. The van der Waals surface area contributed by atoms with Crippen molar-refractivity contribution in [1.82, 2.24) is 24.2 Å². The number of aromatic nitrogens is 4. The van der Waals surface area contributed by atoms with Crippen LogP contribution in [0.15, 0.2) is 36.9 Å². The van der Waals surface area contributed by atoms with Crippen molar-refractivity contribution in [3.8, 4) is 17.4 Å². The first-order chi connectivity index (χ1) is 13.5. The van der Waals surface area contributed by atoms with E-state index in [1.807, 2.05) is 32.0 Å². The van der Waals surface area contributed by atoms with Crippen LogP contribution in [0.4, 0.5) is 0 Å². The molecule has 28 heavy (non-hydrogen) atoms. The summed E-state index contributed by atoms with van der Waals surface area (Å²) in [5.74, 6) is 2.03. The summed E-state index contributed by atoms with van der Waals surface area (Å²) in [5, 5.41) is 3.68. The normalized spacial score (nSPS) is 12.9. The molecule has 3 aromatic rings. The predicted octanol–water partition coefficient (Wildman–Crippen LogP) is 2.48. The second-order valence-electron chi connectivity index (χ2n) is 7.04. The van der Waals surface area contributed by atoms with Gasteiger partial charge in [0.15, 0.2) is 11.5 Å². The number of imidazole rings is 1. The molecule has 1 aliphatic rings. The first kappa shape index (κ1) is 18.4. The van der Waals surface area contributed by atoms with Crippen molar-refractivity contribution in [2.45, 2.75) is 32.1 Å². The van der Waals surface area contributed by atoms with E-state index in [0.717, 1.165) is 29.9 Å². The third kappa shape index (κ3) is 3.70. The third-order valence-corrected chi connectivity index (χ3v) is 5.65. The van der Waals surface area contributed by atoms with Crippen LogP contribution in [0.25, 0.3) is 5.95 Å². The average molecular weight is 399 g/mol. The first-order valence-electron chi connectivity index (χ1n) is 9.03. The molecule has 1 amide bonds. The van der Waals surface area contributed by atoms with Crippen LogP contribution in [-0.2, 0) is 16.6 Å². The zero-order valence-corrected chi connectivity index (χ0v) is 16.5. The quantitative estimate of drug-likeness (QED) is 0.614. The summed E-state index contributed by atoms with van der Waals surface area (Å²) in [6.07, 6.45) is 6.75. The van der Waals surface area contributed by atoms with Crippen molar-refractivity contribution in [2.24, 2.45) is 0 Å². The summed E-state index contributed by atoms with van der Waals surface area (Å²) in [6, 6.07) is 5.94. The van der Waals surface area contributed by atoms with E-state index in [1.54, 1.807) is 23.3 Å². The highest BCUT2D eigenvalue weighted by molar-refractivity contribution is 7.05. The van der Waals surface area contributed by atoms with Crippen LogP contribution in [0.2, 0.25) is 0 Å². The lowest BCUT2D eigenvalue weighted by atomic mass is 9.93.